The van der Waals surface area contributed by atoms with Crippen LogP contribution in [0.2, 0.25) is 0 Å². The number of aromatic nitrogens is 1. The molecule has 2 N–H and O–H groups in total. The predicted octanol–water partition coefficient (Wildman–Crippen LogP) is 3.90. The first-order chi connectivity index (χ1) is 14.0. The molecule has 158 valence electrons. The van der Waals surface area contributed by atoms with Crippen LogP contribution >= 0.6 is 0 Å². The Balaban J connectivity index is 1.60. The molecule has 1 aromatic carbocycles. The third-order valence-corrected chi connectivity index (χ3v) is 5.69. The maximum atomic E-state index is 11.4. The first-order valence-electron chi connectivity index (χ1n) is 10.3. The topological polar surface area (TPSA) is 77.9 Å². The van der Waals surface area contributed by atoms with E-state index in [4.69, 9.17) is 9.72 Å². The van der Waals surface area contributed by atoms with E-state index in [1.54, 1.807) is 7.11 Å². The molecule has 1 aliphatic rings. The molecule has 1 heterocycles. The predicted molar refractivity (Wildman–Crippen MR) is 117 cm³/mol. The molecule has 1 fully saturated rings. The third-order valence-electron chi connectivity index (χ3n) is 5.69. The first kappa shape index (κ1) is 21.2. The van der Waals surface area contributed by atoms with Crippen LogP contribution < -0.4 is 10.2 Å². The monoisotopic (exact) mass is 400 g/mol. The van der Waals surface area contributed by atoms with Gasteiger partial charge in [0.2, 0.25) is 0 Å². The summed E-state index contributed by atoms with van der Waals surface area (Å²) in [6.07, 6.45) is 3.21. The van der Waals surface area contributed by atoms with Crippen molar-refractivity contribution in [3.05, 3.63) is 30.3 Å². The quantitative estimate of drug-likeness (QED) is 0.700. The van der Waals surface area contributed by atoms with Crippen LogP contribution in [0.15, 0.2) is 30.3 Å². The highest BCUT2D eigenvalue weighted by Crippen LogP contribution is 2.30. The van der Waals surface area contributed by atoms with Crippen molar-refractivity contribution in [3.8, 4) is 0 Å². The Morgan fingerprint density at radius 1 is 1.24 bits per heavy atom. The summed E-state index contributed by atoms with van der Waals surface area (Å²) in [6.45, 7) is 1.45. The molecule has 29 heavy (non-hydrogen) atoms. The molecule has 0 unspecified atom stereocenters. The van der Waals surface area contributed by atoms with E-state index in [-0.39, 0.29) is 0 Å². The van der Waals surface area contributed by atoms with Crippen LogP contribution in [0.3, 0.4) is 0 Å². The Morgan fingerprint density at radius 2 is 1.97 bits per heavy atom. The van der Waals surface area contributed by atoms with Crippen molar-refractivity contribution in [2.24, 2.45) is 5.92 Å². The fraction of sp³-hybridized carbons (Fsp3) is 0.545. The first-order valence-corrected chi connectivity index (χ1v) is 10.3. The molecule has 7 heteroatoms. The van der Waals surface area contributed by atoms with Gasteiger partial charge in [0, 0.05) is 57.5 Å². The zero-order valence-electron chi connectivity index (χ0n) is 17.6. The lowest BCUT2D eigenvalue weighted by atomic mass is 9.85. The number of ether oxygens (including phenoxy) is 1. The Morgan fingerprint density at radius 3 is 2.62 bits per heavy atom. The number of nitrogens with one attached hydrogen (secondary N) is 1. The molecule has 2 aromatic rings. The minimum atomic E-state index is -0.862. The lowest BCUT2D eigenvalue weighted by molar-refractivity contribution is 0.105. The van der Waals surface area contributed by atoms with Crippen molar-refractivity contribution in [3.63, 3.8) is 0 Å². The Labute approximate surface area is 172 Å². The van der Waals surface area contributed by atoms with Crippen LogP contribution in [0, 0.1) is 5.92 Å². The van der Waals surface area contributed by atoms with Gasteiger partial charge < -0.3 is 25.0 Å². The van der Waals surface area contributed by atoms with E-state index in [1.165, 1.54) is 4.90 Å². The third kappa shape index (κ3) is 5.50. The molecule has 0 saturated heterocycles. The number of carboxylic acid groups (broad SMARTS) is 1. The summed E-state index contributed by atoms with van der Waals surface area (Å²) in [6, 6.07) is 10.7. The molecule has 1 aromatic heterocycles. The number of anilines is 2. The second-order valence-electron chi connectivity index (χ2n) is 8.02. The van der Waals surface area contributed by atoms with Gasteiger partial charge in [0.1, 0.15) is 5.82 Å². The van der Waals surface area contributed by atoms with Crippen molar-refractivity contribution in [2.75, 3.05) is 51.1 Å². The lowest BCUT2D eigenvalue weighted by Crippen LogP contribution is -2.38. The Hall–Kier alpha value is -2.54. The highest BCUT2D eigenvalue weighted by molar-refractivity contribution is 5.93. The van der Waals surface area contributed by atoms with Gasteiger partial charge in [0.05, 0.1) is 12.1 Å². The van der Waals surface area contributed by atoms with Gasteiger partial charge in [0.15, 0.2) is 0 Å². The van der Waals surface area contributed by atoms with Crippen molar-refractivity contribution in [1.29, 1.82) is 0 Å². The zero-order chi connectivity index (χ0) is 20.8. The van der Waals surface area contributed by atoms with E-state index in [0.29, 0.717) is 31.7 Å². The van der Waals surface area contributed by atoms with Gasteiger partial charge in [-0.1, -0.05) is 18.2 Å². The number of rotatable bonds is 8. The summed E-state index contributed by atoms with van der Waals surface area (Å²) < 4.78 is 5.03. The average Bonchev–Trinajstić information content (AvgIpc) is 2.71. The molecule has 1 amide bonds. The highest BCUT2D eigenvalue weighted by atomic mass is 16.5. The van der Waals surface area contributed by atoms with Gasteiger partial charge in [-0.15, -0.1) is 0 Å². The van der Waals surface area contributed by atoms with Crippen molar-refractivity contribution in [1.82, 2.24) is 9.88 Å². The smallest absolute Gasteiger partial charge is 0.407 e. The molecule has 0 spiro atoms. The largest absolute Gasteiger partial charge is 0.465 e. The second kappa shape index (κ2) is 9.78. The zero-order valence-corrected chi connectivity index (χ0v) is 17.6. The van der Waals surface area contributed by atoms with Crippen LogP contribution in [0.25, 0.3) is 10.9 Å². The second-order valence-corrected chi connectivity index (χ2v) is 8.02. The number of carbonyl (C=O) groups is 1. The van der Waals surface area contributed by atoms with Gasteiger partial charge in [-0.3, -0.25) is 0 Å². The number of amides is 1. The molecule has 7 nitrogen and oxygen atoms in total. The van der Waals surface area contributed by atoms with E-state index in [9.17, 15) is 9.90 Å². The number of hydrogen-bond donors (Lipinski definition) is 2. The van der Waals surface area contributed by atoms with Gasteiger partial charge in [-0.2, -0.15) is 0 Å². The van der Waals surface area contributed by atoms with Gasteiger partial charge in [-0.25, -0.2) is 9.78 Å². The minimum absolute atomic E-state index is 0.368. The molecule has 0 radical (unpaired) electrons. The standard InChI is InChI=1S/C22H32N4O3/c1-25(2)20-14-21(24-19-7-5-4-6-18(19)20)23-17-10-8-16(9-11-17)15-26(22(27)28)12-13-29-3/h4-7,14,16-17H,8-13,15H2,1-3H3,(H,23,24)(H,27,28). The van der Waals surface area contributed by atoms with E-state index < -0.39 is 6.09 Å². The number of nitrogens with zero attached hydrogens (tertiary/aromatic N) is 3. The Kier molecular flexibility index (Phi) is 7.14. The molecule has 3 rings (SSSR count). The summed E-state index contributed by atoms with van der Waals surface area (Å²) in [7, 11) is 5.70. The van der Waals surface area contributed by atoms with Crippen LogP contribution in [-0.2, 0) is 4.74 Å². The number of fused-ring (bicyclic) bond motifs is 1. The molecule has 0 bridgehead atoms. The van der Waals surface area contributed by atoms with Crippen molar-refractivity contribution >= 4 is 28.5 Å². The maximum Gasteiger partial charge on any atom is 0.407 e. The molecule has 0 atom stereocenters. The van der Waals surface area contributed by atoms with Gasteiger partial charge >= 0.3 is 6.09 Å². The summed E-state index contributed by atoms with van der Waals surface area (Å²) in [5.41, 5.74) is 2.15. The molecule has 1 saturated carbocycles. The normalized spacial score (nSPS) is 19.1. The fourth-order valence-electron chi connectivity index (χ4n) is 4.08. The van der Waals surface area contributed by atoms with E-state index >= 15 is 0 Å². The van der Waals surface area contributed by atoms with Crippen LogP contribution in [0.5, 0.6) is 0 Å². The van der Waals surface area contributed by atoms with Crippen LogP contribution in [0.4, 0.5) is 16.3 Å². The molecular weight excluding hydrogens is 368 g/mol. The minimum Gasteiger partial charge on any atom is -0.465 e. The number of para-hydroxylation sites is 1. The lowest BCUT2D eigenvalue weighted by Gasteiger charge is -2.32. The summed E-state index contributed by atoms with van der Waals surface area (Å²) >= 11 is 0. The SMILES string of the molecule is COCCN(CC1CCC(Nc2cc(N(C)C)c3ccccc3n2)CC1)C(=O)O. The highest BCUT2D eigenvalue weighted by Gasteiger charge is 2.25. The average molecular weight is 401 g/mol. The molecule has 0 aliphatic heterocycles. The van der Waals surface area contributed by atoms with Crippen LogP contribution in [0.1, 0.15) is 25.7 Å². The van der Waals surface area contributed by atoms with Crippen molar-refractivity contribution < 1.29 is 14.6 Å². The van der Waals surface area contributed by atoms with E-state index in [1.807, 2.05) is 18.2 Å². The number of hydrogen-bond acceptors (Lipinski definition) is 5. The van der Waals surface area contributed by atoms with Gasteiger partial charge in [-0.05, 0) is 37.7 Å². The summed E-state index contributed by atoms with van der Waals surface area (Å²) in [4.78, 5) is 19.8. The van der Waals surface area contributed by atoms with Crippen LogP contribution in [-0.4, -0.2) is 68.0 Å². The molecular formula is C22H32N4O3. The summed E-state index contributed by atoms with van der Waals surface area (Å²) in [5, 5.41) is 14.1. The fourth-order valence-corrected chi connectivity index (χ4v) is 4.08. The number of pyridine rings is 1. The Bertz CT molecular complexity index is 819. The number of benzene rings is 1. The summed E-state index contributed by atoms with van der Waals surface area (Å²) in [5.74, 6) is 1.31. The maximum absolute atomic E-state index is 11.4. The van der Waals surface area contributed by atoms with Crippen molar-refractivity contribution in [2.45, 2.75) is 31.7 Å². The molecule has 1 aliphatic carbocycles. The van der Waals surface area contributed by atoms with E-state index in [0.717, 1.165) is 48.1 Å². The van der Waals surface area contributed by atoms with Gasteiger partial charge in [0.25, 0.3) is 0 Å². The number of methoxy groups -OCH3 is 1. The van der Waals surface area contributed by atoms with E-state index in [2.05, 4.69) is 36.4 Å².